The van der Waals surface area contributed by atoms with Crippen LogP contribution in [0.5, 0.6) is 0 Å². The maximum atomic E-state index is 14.5. The topological polar surface area (TPSA) is 76.7 Å². The van der Waals surface area contributed by atoms with Gasteiger partial charge in [-0.05, 0) is 6.07 Å². The van der Waals surface area contributed by atoms with Crippen molar-refractivity contribution in [1.29, 1.82) is 0 Å². The summed E-state index contributed by atoms with van der Waals surface area (Å²) in [5.41, 5.74) is -2.50. The fourth-order valence-corrected chi connectivity index (χ4v) is 2.84. The van der Waals surface area contributed by atoms with Crippen molar-refractivity contribution in [2.24, 2.45) is 0 Å². The van der Waals surface area contributed by atoms with Gasteiger partial charge in [-0.2, -0.15) is 5.10 Å². The average Bonchev–Trinajstić information content (AvgIpc) is 3.09. The lowest BCUT2D eigenvalue weighted by Gasteiger charge is -2.34. The highest BCUT2D eigenvalue weighted by atomic mass is 19.1. The fraction of sp³-hybridized carbons (Fsp3) is 0.176. The van der Waals surface area contributed by atoms with E-state index in [0.29, 0.717) is 6.07 Å². The summed E-state index contributed by atoms with van der Waals surface area (Å²) in [5, 5.41) is 15.3. The van der Waals surface area contributed by atoms with Gasteiger partial charge >= 0.3 is 0 Å². The minimum Gasteiger partial charge on any atom is -0.382 e. The molecule has 0 spiro atoms. The molecule has 2 heterocycles. The Balaban J connectivity index is 2.19. The maximum absolute atomic E-state index is 14.5. The summed E-state index contributed by atoms with van der Waals surface area (Å²) >= 11 is 0. The predicted molar refractivity (Wildman–Crippen MR) is 85.2 cm³/mol. The van der Waals surface area contributed by atoms with E-state index in [4.69, 9.17) is 0 Å². The maximum Gasteiger partial charge on any atom is 0.163 e. The molecule has 26 heavy (non-hydrogen) atoms. The summed E-state index contributed by atoms with van der Waals surface area (Å²) in [6, 6.07) is 2.73. The van der Waals surface area contributed by atoms with Crippen molar-refractivity contribution in [3.8, 4) is 0 Å². The molecule has 2 aromatic heterocycles. The zero-order chi connectivity index (χ0) is 18.7. The average molecular weight is 361 g/mol. The fourth-order valence-electron chi connectivity index (χ4n) is 2.84. The number of nitrogens with zero attached hydrogens (tertiary/aromatic N) is 5. The molecule has 9 heteroatoms. The van der Waals surface area contributed by atoms with Gasteiger partial charge in [0.05, 0.1) is 24.4 Å². The Morgan fingerprint density at radius 1 is 1.19 bits per heavy atom. The largest absolute Gasteiger partial charge is 0.382 e. The first-order valence-electron chi connectivity index (χ1n) is 7.54. The van der Waals surface area contributed by atoms with Crippen LogP contribution >= 0.6 is 0 Å². The van der Waals surface area contributed by atoms with Crippen LogP contribution < -0.4 is 0 Å². The van der Waals surface area contributed by atoms with Crippen LogP contribution in [0.2, 0.25) is 0 Å². The van der Waals surface area contributed by atoms with Gasteiger partial charge in [-0.25, -0.2) is 32.8 Å². The van der Waals surface area contributed by atoms with Crippen molar-refractivity contribution in [1.82, 2.24) is 24.7 Å². The van der Waals surface area contributed by atoms with Gasteiger partial charge in [0.25, 0.3) is 0 Å². The van der Waals surface area contributed by atoms with Crippen LogP contribution in [0.3, 0.4) is 0 Å². The van der Waals surface area contributed by atoms with Crippen molar-refractivity contribution in [3.05, 3.63) is 84.7 Å². The van der Waals surface area contributed by atoms with Crippen LogP contribution in [0, 0.1) is 17.5 Å². The van der Waals surface area contributed by atoms with E-state index in [2.05, 4.69) is 26.6 Å². The normalized spacial score (nSPS) is 14.6. The predicted octanol–water partition coefficient (Wildman–Crippen LogP) is 2.34. The highest BCUT2D eigenvalue weighted by molar-refractivity contribution is 5.33. The monoisotopic (exact) mass is 361 g/mol. The van der Waals surface area contributed by atoms with Crippen LogP contribution in [0.4, 0.5) is 13.2 Å². The molecule has 0 aliphatic carbocycles. The van der Waals surface area contributed by atoms with Crippen LogP contribution in [-0.4, -0.2) is 29.8 Å². The van der Waals surface area contributed by atoms with E-state index in [9.17, 15) is 18.3 Å². The summed E-state index contributed by atoms with van der Waals surface area (Å²) in [6.45, 7) is 3.32. The van der Waals surface area contributed by atoms with Crippen LogP contribution in [0.15, 0.2) is 56.0 Å². The summed E-state index contributed by atoms with van der Waals surface area (Å²) < 4.78 is 43.3. The SMILES string of the molecule is C=C[C@@H](c1ncncc1F)[C@](O)(Cn1cncn1)c1ccc(F)cc1F. The number of aromatic nitrogens is 5. The Hall–Kier alpha value is -3.07. The van der Waals surface area contributed by atoms with Gasteiger partial charge in [0.2, 0.25) is 0 Å². The second kappa shape index (κ2) is 7.04. The first-order valence-corrected chi connectivity index (χ1v) is 7.54. The molecule has 0 aliphatic heterocycles. The van der Waals surface area contributed by atoms with E-state index >= 15 is 0 Å². The standard InChI is InChI=1S/C17H14F3N5O/c1-2-12(16-15(20)6-21-8-23-16)17(26,7-25-10-22-9-24-25)13-4-3-11(18)5-14(13)19/h2-6,8-10,12,26H,1,7H2/t12-,17+/m0/s1. The second-order valence-electron chi connectivity index (χ2n) is 5.61. The number of rotatable bonds is 6. The molecule has 0 saturated heterocycles. The quantitative estimate of drug-likeness (QED) is 0.682. The molecule has 6 nitrogen and oxygen atoms in total. The van der Waals surface area contributed by atoms with Crippen molar-refractivity contribution in [2.75, 3.05) is 0 Å². The molecule has 2 atom stereocenters. The van der Waals surface area contributed by atoms with Crippen molar-refractivity contribution >= 4 is 0 Å². The highest BCUT2D eigenvalue weighted by Crippen LogP contribution is 2.40. The van der Waals surface area contributed by atoms with Gasteiger partial charge in [0, 0.05) is 11.6 Å². The third-order valence-corrected chi connectivity index (χ3v) is 4.01. The van der Waals surface area contributed by atoms with Crippen LogP contribution in [-0.2, 0) is 12.1 Å². The van der Waals surface area contributed by atoms with Gasteiger partial charge in [-0.15, -0.1) is 6.58 Å². The molecule has 134 valence electrons. The first kappa shape index (κ1) is 17.7. The Morgan fingerprint density at radius 3 is 2.62 bits per heavy atom. The molecule has 3 aromatic rings. The van der Waals surface area contributed by atoms with Crippen LogP contribution in [0.25, 0.3) is 0 Å². The molecule has 0 aliphatic rings. The van der Waals surface area contributed by atoms with Crippen molar-refractivity contribution < 1.29 is 18.3 Å². The summed E-state index contributed by atoms with van der Waals surface area (Å²) in [5.74, 6) is -3.77. The zero-order valence-electron chi connectivity index (χ0n) is 13.4. The lowest BCUT2D eigenvalue weighted by molar-refractivity contribution is -0.00483. The Bertz CT molecular complexity index is 919. The smallest absolute Gasteiger partial charge is 0.163 e. The molecular formula is C17H14F3N5O. The molecule has 0 amide bonds. The third kappa shape index (κ3) is 3.21. The number of hydrogen-bond acceptors (Lipinski definition) is 5. The third-order valence-electron chi connectivity index (χ3n) is 4.01. The van der Waals surface area contributed by atoms with E-state index in [0.717, 1.165) is 24.7 Å². The highest BCUT2D eigenvalue weighted by Gasteiger charge is 2.42. The van der Waals surface area contributed by atoms with Crippen molar-refractivity contribution in [3.63, 3.8) is 0 Å². The zero-order valence-corrected chi connectivity index (χ0v) is 13.4. The van der Waals surface area contributed by atoms with Gasteiger partial charge in [-0.3, -0.25) is 0 Å². The number of benzene rings is 1. The molecule has 0 radical (unpaired) electrons. The summed E-state index contributed by atoms with van der Waals surface area (Å²) in [6.07, 6.45) is 5.81. The molecular weight excluding hydrogens is 347 g/mol. The Labute approximate surface area is 146 Å². The van der Waals surface area contributed by atoms with Gasteiger partial charge in [0.1, 0.15) is 36.2 Å². The van der Waals surface area contributed by atoms with Gasteiger partial charge < -0.3 is 5.11 Å². The number of hydrogen-bond donors (Lipinski definition) is 1. The summed E-state index contributed by atoms with van der Waals surface area (Å²) in [7, 11) is 0. The van der Waals surface area contributed by atoms with E-state index in [1.807, 2.05) is 0 Å². The van der Waals surface area contributed by atoms with E-state index in [1.165, 1.54) is 23.4 Å². The van der Waals surface area contributed by atoms with Gasteiger partial charge in [0.15, 0.2) is 5.82 Å². The number of halogens is 3. The molecule has 0 fully saturated rings. The van der Waals surface area contributed by atoms with E-state index < -0.39 is 29.0 Å². The lowest BCUT2D eigenvalue weighted by atomic mass is 9.78. The second-order valence-corrected chi connectivity index (χ2v) is 5.61. The lowest BCUT2D eigenvalue weighted by Crippen LogP contribution is -2.39. The van der Waals surface area contributed by atoms with Crippen molar-refractivity contribution in [2.45, 2.75) is 18.1 Å². The minimum atomic E-state index is -2.07. The van der Waals surface area contributed by atoms with E-state index in [-0.39, 0.29) is 17.8 Å². The van der Waals surface area contributed by atoms with Crippen LogP contribution in [0.1, 0.15) is 17.2 Å². The molecule has 1 N–H and O–H groups in total. The summed E-state index contributed by atoms with van der Waals surface area (Å²) in [4.78, 5) is 11.2. The number of aliphatic hydroxyl groups is 1. The molecule has 0 bridgehead atoms. The minimum absolute atomic E-state index is 0.179. The van der Waals surface area contributed by atoms with E-state index in [1.54, 1.807) is 0 Å². The molecule has 1 aromatic carbocycles. The molecule has 0 unspecified atom stereocenters. The first-order chi connectivity index (χ1) is 12.5. The van der Waals surface area contributed by atoms with Gasteiger partial charge in [-0.1, -0.05) is 12.1 Å². The molecule has 0 saturated carbocycles. The Kier molecular flexibility index (Phi) is 4.81. The molecule has 3 rings (SSSR count). The Morgan fingerprint density at radius 2 is 2.00 bits per heavy atom.